The van der Waals surface area contributed by atoms with Crippen LogP contribution in [0.2, 0.25) is 0 Å². The van der Waals surface area contributed by atoms with E-state index in [1.807, 2.05) is 25.6 Å². The Morgan fingerprint density at radius 1 is 1.35 bits per heavy atom. The third-order valence-corrected chi connectivity index (χ3v) is 4.63. The predicted octanol–water partition coefficient (Wildman–Crippen LogP) is 2.16. The standard InChI is InChI=1S/C19H20N6O/c1-3-18(26)24-14-10-25(11-14)15-5-16-17(9-23-19(16)22-8-15)12-4-13(20-2)7-21-6-12/h3-9,14,20H,1,10-11H2,2H3,(H,22,23)(H,24,26). The van der Waals surface area contributed by atoms with Gasteiger partial charge in [0.05, 0.1) is 23.6 Å². The van der Waals surface area contributed by atoms with Crippen molar-refractivity contribution < 1.29 is 4.79 Å². The van der Waals surface area contributed by atoms with Crippen LogP contribution in [0.25, 0.3) is 22.2 Å². The van der Waals surface area contributed by atoms with Crippen molar-refractivity contribution in [3.05, 3.63) is 49.6 Å². The van der Waals surface area contributed by atoms with E-state index in [2.05, 4.69) is 49.2 Å². The average Bonchev–Trinajstić information content (AvgIpc) is 3.07. The molecule has 0 bridgehead atoms. The molecule has 1 amide bonds. The Morgan fingerprint density at radius 3 is 2.96 bits per heavy atom. The van der Waals surface area contributed by atoms with Crippen molar-refractivity contribution in [1.29, 1.82) is 0 Å². The molecule has 0 aliphatic carbocycles. The van der Waals surface area contributed by atoms with Crippen molar-refractivity contribution in [2.24, 2.45) is 0 Å². The molecule has 26 heavy (non-hydrogen) atoms. The van der Waals surface area contributed by atoms with Crippen molar-refractivity contribution in [3.63, 3.8) is 0 Å². The van der Waals surface area contributed by atoms with E-state index in [0.717, 1.165) is 46.6 Å². The SMILES string of the molecule is C=CC(=O)NC1CN(c2cnc3[nH]cc(-c4cncc(NC)c4)c3c2)C1. The molecule has 3 aromatic rings. The first-order valence-corrected chi connectivity index (χ1v) is 8.46. The zero-order chi connectivity index (χ0) is 18.1. The molecule has 3 aromatic heterocycles. The van der Waals surface area contributed by atoms with Crippen molar-refractivity contribution in [3.8, 4) is 11.1 Å². The lowest BCUT2D eigenvalue weighted by Crippen LogP contribution is -2.59. The van der Waals surface area contributed by atoms with Crippen LogP contribution >= 0.6 is 0 Å². The van der Waals surface area contributed by atoms with Gasteiger partial charge >= 0.3 is 0 Å². The molecule has 0 atom stereocenters. The number of anilines is 2. The van der Waals surface area contributed by atoms with Crippen LogP contribution in [-0.2, 0) is 4.79 Å². The number of amides is 1. The quantitative estimate of drug-likeness (QED) is 0.615. The van der Waals surface area contributed by atoms with Crippen LogP contribution in [0.1, 0.15) is 0 Å². The van der Waals surface area contributed by atoms with E-state index in [9.17, 15) is 4.79 Å². The summed E-state index contributed by atoms with van der Waals surface area (Å²) in [5.41, 5.74) is 4.94. The summed E-state index contributed by atoms with van der Waals surface area (Å²) in [4.78, 5) is 25.6. The minimum atomic E-state index is -0.131. The molecule has 0 spiro atoms. The minimum absolute atomic E-state index is 0.131. The highest BCUT2D eigenvalue weighted by molar-refractivity contribution is 5.95. The number of H-pyrrole nitrogens is 1. The number of carbonyl (C=O) groups excluding carboxylic acids is 1. The van der Waals surface area contributed by atoms with Gasteiger partial charge in [0.25, 0.3) is 0 Å². The number of fused-ring (bicyclic) bond motifs is 1. The van der Waals surface area contributed by atoms with Gasteiger partial charge in [-0.1, -0.05) is 6.58 Å². The van der Waals surface area contributed by atoms with Crippen molar-refractivity contribution in [2.75, 3.05) is 30.4 Å². The fraction of sp³-hybridized carbons (Fsp3) is 0.211. The van der Waals surface area contributed by atoms with E-state index in [1.54, 1.807) is 6.20 Å². The molecule has 1 aliphatic heterocycles. The van der Waals surface area contributed by atoms with Crippen LogP contribution in [0, 0.1) is 0 Å². The number of nitrogens with one attached hydrogen (secondary N) is 3. The summed E-state index contributed by atoms with van der Waals surface area (Å²) >= 11 is 0. The van der Waals surface area contributed by atoms with Gasteiger partial charge in [-0.05, 0) is 18.2 Å². The Morgan fingerprint density at radius 2 is 2.19 bits per heavy atom. The van der Waals surface area contributed by atoms with Gasteiger partial charge in [0.15, 0.2) is 0 Å². The summed E-state index contributed by atoms with van der Waals surface area (Å²) in [5, 5.41) is 7.07. The van der Waals surface area contributed by atoms with Gasteiger partial charge in [0.1, 0.15) is 5.65 Å². The zero-order valence-corrected chi connectivity index (χ0v) is 14.5. The second-order valence-corrected chi connectivity index (χ2v) is 6.32. The molecule has 1 saturated heterocycles. The molecule has 0 saturated carbocycles. The lowest BCUT2D eigenvalue weighted by atomic mass is 10.1. The van der Waals surface area contributed by atoms with Crippen molar-refractivity contribution in [2.45, 2.75) is 6.04 Å². The molecule has 1 fully saturated rings. The van der Waals surface area contributed by atoms with E-state index in [4.69, 9.17) is 0 Å². The Balaban J connectivity index is 1.59. The Labute approximate surface area is 151 Å². The van der Waals surface area contributed by atoms with Crippen molar-refractivity contribution >= 4 is 28.3 Å². The maximum absolute atomic E-state index is 11.4. The molecule has 4 rings (SSSR count). The smallest absolute Gasteiger partial charge is 0.243 e. The van der Waals surface area contributed by atoms with Crippen LogP contribution in [-0.4, -0.2) is 47.0 Å². The zero-order valence-electron chi connectivity index (χ0n) is 14.5. The van der Waals surface area contributed by atoms with Gasteiger partial charge in [-0.15, -0.1) is 0 Å². The summed E-state index contributed by atoms with van der Waals surface area (Å²) < 4.78 is 0. The van der Waals surface area contributed by atoms with Crippen LogP contribution < -0.4 is 15.5 Å². The normalized spacial score (nSPS) is 14.1. The number of pyridine rings is 2. The fourth-order valence-corrected chi connectivity index (χ4v) is 3.17. The van der Waals surface area contributed by atoms with E-state index in [-0.39, 0.29) is 11.9 Å². The first kappa shape index (κ1) is 16.1. The number of aromatic nitrogens is 3. The maximum Gasteiger partial charge on any atom is 0.243 e. The van der Waals surface area contributed by atoms with E-state index in [0.29, 0.717) is 0 Å². The lowest BCUT2D eigenvalue weighted by Gasteiger charge is -2.40. The molecular weight excluding hydrogens is 328 g/mol. The molecule has 7 heteroatoms. The van der Waals surface area contributed by atoms with Gasteiger partial charge in [-0.3, -0.25) is 9.78 Å². The first-order valence-electron chi connectivity index (χ1n) is 8.46. The van der Waals surface area contributed by atoms with Gasteiger partial charge < -0.3 is 20.5 Å². The number of nitrogens with zero attached hydrogens (tertiary/aromatic N) is 3. The van der Waals surface area contributed by atoms with Crippen LogP contribution in [0.4, 0.5) is 11.4 Å². The molecule has 1 aliphatic rings. The highest BCUT2D eigenvalue weighted by Gasteiger charge is 2.28. The number of hydrogen-bond donors (Lipinski definition) is 3. The Bertz CT molecular complexity index is 973. The molecule has 4 heterocycles. The Hall–Kier alpha value is -3.35. The minimum Gasteiger partial charge on any atom is -0.387 e. The number of aromatic amines is 1. The van der Waals surface area contributed by atoms with Gasteiger partial charge in [0, 0.05) is 55.2 Å². The lowest BCUT2D eigenvalue weighted by molar-refractivity contribution is -0.117. The second kappa shape index (κ2) is 6.51. The van der Waals surface area contributed by atoms with Gasteiger partial charge in [-0.2, -0.15) is 0 Å². The second-order valence-electron chi connectivity index (χ2n) is 6.32. The summed E-state index contributed by atoms with van der Waals surface area (Å²) in [7, 11) is 1.88. The molecular formula is C19H20N6O. The van der Waals surface area contributed by atoms with Crippen LogP contribution in [0.3, 0.4) is 0 Å². The van der Waals surface area contributed by atoms with Crippen LogP contribution in [0.15, 0.2) is 49.6 Å². The molecule has 0 unspecified atom stereocenters. The summed E-state index contributed by atoms with van der Waals surface area (Å²) in [5.74, 6) is -0.131. The molecule has 3 N–H and O–H groups in total. The molecule has 0 aromatic carbocycles. The Kier molecular flexibility index (Phi) is 4.04. The first-order chi connectivity index (χ1) is 12.7. The largest absolute Gasteiger partial charge is 0.387 e. The van der Waals surface area contributed by atoms with Crippen molar-refractivity contribution in [1.82, 2.24) is 20.3 Å². The number of carbonyl (C=O) groups is 1. The monoisotopic (exact) mass is 348 g/mol. The molecule has 132 valence electrons. The third-order valence-electron chi connectivity index (χ3n) is 4.63. The number of rotatable bonds is 5. The highest BCUT2D eigenvalue weighted by atomic mass is 16.1. The molecule has 0 radical (unpaired) electrons. The predicted molar refractivity (Wildman–Crippen MR) is 103 cm³/mol. The van der Waals surface area contributed by atoms with Gasteiger partial charge in [0.2, 0.25) is 5.91 Å². The summed E-state index contributed by atoms with van der Waals surface area (Å²) in [6, 6.07) is 4.34. The fourth-order valence-electron chi connectivity index (χ4n) is 3.17. The third kappa shape index (κ3) is 2.88. The van der Waals surface area contributed by atoms with E-state index < -0.39 is 0 Å². The summed E-state index contributed by atoms with van der Waals surface area (Å²) in [6.07, 6.45) is 8.76. The van der Waals surface area contributed by atoms with E-state index in [1.165, 1.54) is 6.08 Å². The van der Waals surface area contributed by atoms with E-state index >= 15 is 0 Å². The van der Waals surface area contributed by atoms with Gasteiger partial charge in [-0.25, -0.2) is 4.98 Å². The summed E-state index contributed by atoms with van der Waals surface area (Å²) in [6.45, 7) is 5.01. The van der Waals surface area contributed by atoms with Crippen LogP contribution in [0.5, 0.6) is 0 Å². The molecule has 7 nitrogen and oxygen atoms in total. The average molecular weight is 348 g/mol. The maximum atomic E-state index is 11.4. The number of hydrogen-bond acceptors (Lipinski definition) is 5. The topological polar surface area (TPSA) is 85.9 Å². The highest BCUT2D eigenvalue weighted by Crippen LogP contribution is 2.32.